The second-order valence-corrected chi connectivity index (χ2v) is 5.26. The summed E-state index contributed by atoms with van der Waals surface area (Å²) in [5, 5.41) is 2.37. The maximum Gasteiger partial charge on any atom is 0.244 e. The first-order chi connectivity index (χ1) is 9.97. The minimum Gasteiger partial charge on any atom is -0.331 e. The van der Waals surface area contributed by atoms with Crippen molar-refractivity contribution in [1.29, 1.82) is 0 Å². The molecule has 2 rings (SSSR count). The molecule has 1 aliphatic carbocycles. The zero-order valence-electron chi connectivity index (χ0n) is 11.9. The van der Waals surface area contributed by atoms with E-state index >= 15 is 0 Å². The number of nitrogens with zero attached hydrogens (tertiary/aromatic N) is 1. The molecule has 1 N–H and O–H groups in total. The van der Waals surface area contributed by atoms with Crippen LogP contribution >= 0.6 is 0 Å². The number of anilines is 1. The Morgan fingerprint density at radius 1 is 1.29 bits per heavy atom. The SMILES string of the molecule is CC(=O)N(CC(=O)Nc1ccc(F)cc1F)C1CCCC1. The van der Waals surface area contributed by atoms with Gasteiger partial charge in [-0.2, -0.15) is 0 Å². The summed E-state index contributed by atoms with van der Waals surface area (Å²) in [6.45, 7) is 1.31. The lowest BCUT2D eigenvalue weighted by molar-refractivity contribution is -0.135. The maximum atomic E-state index is 13.5. The molecule has 0 aliphatic heterocycles. The average Bonchev–Trinajstić information content (AvgIpc) is 2.92. The maximum absolute atomic E-state index is 13.5. The summed E-state index contributed by atoms with van der Waals surface area (Å²) in [7, 11) is 0. The van der Waals surface area contributed by atoms with Gasteiger partial charge < -0.3 is 10.2 Å². The largest absolute Gasteiger partial charge is 0.331 e. The van der Waals surface area contributed by atoms with Gasteiger partial charge in [0.2, 0.25) is 11.8 Å². The molecule has 1 fully saturated rings. The first kappa shape index (κ1) is 15.4. The van der Waals surface area contributed by atoms with Crippen LogP contribution in [0.2, 0.25) is 0 Å². The van der Waals surface area contributed by atoms with Crippen LogP contribution < -0.4 is 5.32 Å². The van der Waals surface area contributed by atoms with E-state index in [0.717, 1.165) is 37.8 Å². The normalized spacial score (nSPS) is 15.0. The Bertz CT molecular complexity index is 542. The molecule has 0 bridgehead atoms. The van der Waals surface area contributed by atoms with Gasteiger partial charge in [-0.3, -0.25) is 9.59 Å². The van der Waals surface area contributed by atoms with Crippen molar-refractivity contribution in [2.75, 3.05) is 11.9 Å². The number of rotatable bonds is 4. The highest BCUT2D eigenvalue weighted by atomic mass is 19.1. The van der Waals surface area contributed by atoms with E-state index in [-0.39, 0.29) is 24.2 Å². The van der Waals surface area contributed by atoms with Crippen LogP contribution in [-0.4, -0.2) is 29.3 Å². The van der Waals surface area contributed by atoms with Crippen LogP contribution in [-0.2, 0) is 9.59 Å². The van der Waals surface area contributed by atoms with Crippen LogP contribution in [0.3, 0.4) is 0 Å². The van der Waals surface area contributed by atoms with Crippen LogP contribution in [0.1, 0.15) is 32.6 Å². The number of carbonyl (C=O) groups is 2. The molecule has 2 amide bonds. The number of hydrogen-bond acceptors (Lipinski definition) is 2. The van der Waals surface area contributed by atoms with Crippen LogP contribution in [0.4, 0.5) is 14.5 Å². The summed E-state index contributed by atoms with van der Waals surface area (Å²) in [6.07, 6.45) is 3.86. The summed E-state index contributed by atoms with van der Waals surface area (Å²) >= 11 is 0. The van der Waals surface area contributed by atoms with Crippen molar-refractivity contribution in [2.45, 2.75) is 38.6 Å². The van der Waals surface area contributed by atoms with Crippen LogP contribution in [0, 0.1) is 11.6 Å². The van der Waals surface area contributed by atoms with Gasteiger partial charge in [-0.25, -0.2) is 8.78 Å². The van der Waals surface area contributed by atoms with Crippen molar-refractivity contribution < 1.29 is 18.4 Å². The second-order valence-electron chi connectivity index (χ2n) is 5.26. The molecule has 21 heavy (non-hydrogen) atoms. The van der Waals surface area contributed by atoms with Gasteiger partial charge in [0.15, 0.2) is 0 Å². The summed E-state index contributed by atoms with van der Waals surface area (Å²) < 4.78 is 26.3. The second kappa shape index (κ2) is 6.65. The molecule has 6 heteroatoms. The van der Waals surface area contributed by atoms with Crippen molar-refractivity contribution in [3.8, 4) is 0 Å². The van der Waals surface area contributed by atoms with E-state index in [1.165, 1.54) is 11.8 Å². The average molecular weight is 296 g/mol. The molecule has 1 aromatic rings. The molecular weight excluding hydrogens is 278 g/mol. The highest BCUT2D eigenvalue weighted by Crippen LogP contribution is 2.23. The molecule has 0 radical (unpaired) electrons. The Morgan fingerprint density at radius 3 is 2.52 bits per heavy atom. The molecule has 0 heterocycles. The van der Waals surface area contributed by atoms with Gasteiger partial charge in [-0.1, -0.05) is 12.8 Å². The monoisotopic (exact) mass is 296 g/mol. The lowest BCUT2D eigenvalue weighted by Gasteiger charge is -2.27. The molecule has 0 spiro atoms. The quantitative estimate of drug-likeness (QED) is 0.928. The first-order valence-corrected chi connectivity index (χ1v) is 6.99. The minimum absolute atomic E-state index is 0.0753. The van der Waals surface area contributed by atoms with Gasteiger partial charge in [0.25, 0.3) is 0 Å². The number of benzene rings is 1. The van der Waals surface area contributed by atoms with Gasteiger partial charge in [-0.05, 0) is 25.0 Å². The predicted molar refractivity (Wildman–Crippen MR) is 74.6 cm³/mol. The number of nitrogens with one attached hydrogen (secondary N) is 1. The number of halogens is 2. The van der Waals surface area contributed by atoms with Gasteiger partial charge in [0.05, 0.1) is 5.69 Å². The Hall–Kier alpha value is -1.98. The molecule has 1 saturated carbocycles. The van der Waals surface area contributed by atoms with E-state index < -0.39 is 17.5 Å². The van der Waals surface area contributed by atoms with Gasteiger partial charge in [0.1, 0.15) is 18.2 Å². The third kappa shape index (κ3) is 4.00. The number of amides is 2. The van der Waals surface area contributed by atoms with Gasteiger partial charge in [0, 0.05) is 19.0 Å². The molecule has 114 valence electrons. The summed E-state index contributed by atoms with van der Waals surface area (Å²) in [6, 6.07) is 3.01. The van der Waals surface area contributed by atoms with E-state index in [0.29, 0.717) is 6.07 Å². The first-order valence-electron chi connectivity index (χ1n) is 6.99. The zero-order valence-corrected chi connectivity index (χ0v) is 11.9. The summed E-state index contributed by atoms with van der Waals surface area (Å²) in [5.74, 6) is -2.19. The smallest absolute Gasteiger partial charge is 0.244 e. The van der Waals surface area contributed by atoms with Crippen LogP contribution in [0.25, 0.3) is 0 Å². The van der Waals surface area contributed by atoms with E-state index in [4.69, 9.17) is 0 Å². The van der Waals surface area contributed by atoms with Gasteiger partial charge in [-0.15, -0.1) is 0 Å². The Morgan fingerprint density at radius 2 is 1.95 bits per heavy atom. The van der Waals surface area contributed by atoms with E-state index in [9.17, 15) is 18.4 Å². The third-order valence-corrected chi connectivity index (χ3v) is 3.69. The molecule has 0 atom stereocenters. The van der Waals surface area contributed by atoms with Crippen molar-refractivity contribution in [3.63, 3.8) is 0 Å². The van der Waals surface area contributed by atoms with Crippen LogP contribution in [0.15, 0.2) is 18.2 Å². The van der Waals surface area contributed by atoms with Gasteiger partial charge >= 0.3 is 0 Å². The fraction of sp³-hybridized carbons (Fsp3) is 0.467. The fourth-order valence-corrected chi connectivity index (χ4v) is 2.65. The van der Waals surface area contributed by atoms with Crippen molar-refractivity contribution in [2.24, 2.45) is 0 Å². The summed E-state index contributed by atoms with van der Waals surface area (Å²) in [5.41, 5.74) is -0.0867. The lowest BCUT2D eigenvalue weighted by Crippen LogP contribution is -2.42. The molecule has 1 aromatic carbocycles. The van der Waals surface area contributed by atoms with Crippen LogP contribution in [0.5, 0.6) is 0 Å². The molecule has 0 unspecified atom stereocenters. The molecule has 0 aromatic heterocycles. The van der Waals surface area contributed by atoms with Crippen molar-refractivity contribution in [1.82, 2.24) is 4.90 Å². The predicted octanol–water partition coefficient (Wildman–Crippen LogP) is 2.69. The van der Waals surface area contributed by atoms with E-state index in [1.807, 2.05) is 0 Å². The molecule has 4 nitrogen and oxygen atoms in total. The Balaban J connectivity index is 2.00. The van der Waals surface area contributed by atoms with E-state index in [2.05, 4.69) is 5.32 Å². The highest BCUT2D eigenvalue weighted by molar-refractivity contribution is 5.94. The third-order valence-electron chi connectivity index (χ3n) is 3.69. The van der Waals surface area contributed by atoms with Crippen molar-refractivity contribution >= 4 is 17.5 Å². The standard InChI is InChI=1S/C15H18F2N2O2/c1-10(20)19(12-4-2-3-5-12)9-15(21)18-14-7-6-11(16)8-13(14)17/h6-8,12H,2-5,9H2,1H3,(H,18,21). The Kier molecular flexibility index (Phi) is 4.88. The number of hydrogen-bond donors (Lipinski definition) is 1. The van der Waals surface area contributed by atoms with E-state index in [1.54, 1.807) is 0 Å². The summed E-state index contributed by atoms with van der Waals surface area (Å²) in [4.78, 5) is 25.1. The highest BCUT2D eigenvalue weighted by Gasteiger charge is 2.26. The molecule has 0 saturated heterocycles. The zero-order chi connectivity index (χ0) is 15.4. The fourth-order valence-electron chi connectivity index (χ4n) is 2.65. The molecule has 1 aliphatic rings. The number of carbonyl (C=O) groups excluding carboxylic acids is 2. The minimum atomic E-state index is -0.835. The molecular formula is C15H18F2N2O2. The Labute approximate surface area is 122 Å². The topological polar surface area (TPSA) is 49.4 Å². The lowest BCUT2D eigenvalue weighted by atomic mass is 10.2. The van der Waals surface area contributed by atoms with Crippen molar-refractivity contribution in [3.05, 3.63) is 29.8 Å².